The Bertz CT molecular complexity index is 637. The summed E-state index contributed by atoms with van der Waals surface area (Å²) < 4.78 is 12.1. The molecule has 1 aromatic carbocycles. The number of hydrogen-bond donors (Lipinski definition) is 3. The number of aliphatic carboxylic acids is 1. The number of benzene rings is 1. The predicted molar refractivity (Wildman–Crippen MR) is 94.4 cm³/mol. The van der Waals surface area contributed by atoms with Crippen LogP contribution in [-0.2, 0) is 20.6 Å². The number of likely N-dealkylation sites (tertiary alicyclic amines) is 1. The van der Waals surface area contributed by atoms with E-state index in [1.165, 1.54) is 10.5 Å². The molecule has 8 heteroatoms. The number of nitrogens with one attached hydrogen (secondary N) is 1. The minimum Gasteiger partial charge on any atom is -0.480 e. The van der Waals surface area contributed by atoms with Gasteiger partial charge < -0.3 is 14.9 Å². The number of hydrogen-bond acceptors (Lipinski definition) is 3. The first kappa shape index (κ1) is 19.6. The van der Waals surface area contributed by atoms with Gasteiger partial charge in [-0.3, -0.25) is 9.36 Å². The van der Waals surface area contributed by atoms with E-state index in [1.807, 2.05) is 30.3 Å². The van der Waals surface area contributed by atoms with E-state index < -0.39 is 25.4 Å². The van der Waals surface area contributed by atoms with E-state index in [-0.39, 0.29) is 12.7 Å². The first-order valence-corrected chi connectivity index (χ1v) is 10.4. The Morgan fingerprint density at radius 2 is 1.96 bits per heavy atom. The molecule has 7 nitrogen and oxygen atoms in total. The Hall–Kier alpha value is -1.69. The van der Waals surface area contributed by atoms with Crippen molar-refractivity contribution in [1.82, 2.24) is 9.99 Å². The van der Waals surface area contributed by atoms with Crippen LogP contribution in [0.15, 0.2) is 30.3 Å². The second kappa shape index (κ2) is 9.13. The van der Waals surface area contributed by atoms with E-state index in [0.29, 0.717) is 25.8 Å². The SMILES string of the molecule is O=C(O)[C@@H]1CCCN1C(=O)CNP(=O)(O)CCCCc1ccccc1. The van der Waals surface area contributed by atoms with Crippen molar-refractivity contribution < 1.29 is 24.2 Å². The topological polar surface area (TPSA) is 107 Å². The molecule has 1 amide bonds. The van der Waals surface area contributed by atoms with Crippen LogP contribution in [0.25, 0.3) is 0 Å². The van der Waals surface area contributed by atoms with Gasteiger partial charge in [0.25, 0.3) is 7.52 Å². The molecular weight excluding hydrogens is 343 g/mol. The van der Waals surface area contributed by atoms with Crippen molar-refractivity contribution >= 4 is 19.4 Å². The summed E-state index contributed by atoms with van der Waals surface area (Å²) in [5, 5.41) is 11.5. The van der Waals surface area contributed by atoms with Crippen molar-refractivity contribution in [3.8, 4) is 0 Å². The predicted octanol–water partition coefficient (Wildman–Crippen LogP) is 1.86. The normalized spacial score (nSPS) is 19.6. The molecule has 2 atom stereocenters. The highest BCUT2D eigenvalue weighted by Gasteiger charge is 2.34. The van der Waals surface area contributed by atoms with Crippen LogP contribution >= 0.6 is 7.52 Å². The average molecular weight is 368 g/mol. The summed E-state index contributed by atoms with van der Waals surface area (Å²) >= 11 is 0. The third kappa shape index (κ3) is 6.27. The van der Waals surface area contributed by atoms with E-state index >= 15 is 0 Å². The molecule has 0 aliphatic carbocycles. The zero-order chi connectivity index (χ0) is 18.3. The summed E-state index contributed by atoms with van der Waals surface area (Å²) in [4.78, 5) is 34.4. The van der Waals surface area contributed by atoms with Gasteiger partial charge in [-0.05, 0) is 37.7 Å². The fourth-order valence-electron chi connectivity index (χ4n) is 2.99. The maximum absolute atomic E-state index is 12.1. The van der Waals surface area contributed by atoms with Gasteiger partial charge in [-0.1, -0.05) is 30.3 Å². The molecule has 1 aliphatic heterocycles. The Kier molecular flexibility index (Phi) is 7.17. The van der Waals surface area contributed by atoms with Crippen molar-refractivity contribution in [2.24, 2.45) is 0 Å². The molecule has 1 aromatic rings. The lowest BCUT2D eigenvalue weighted by Crippen LogP contribution is -2.44. The van der Waals surface area contributed by atoms with Gasteiger partial charge in [0.05, 0.1) is 6.54 Å². The van der Waals surface area contributed by atoms with Crippen LogP contribution in [0.3, 0.4) is 0 Å². The molecule has 0 saturated carbocycles. The van der Waals surface area contributed by atoms with Crippen LogP contribution < -0.4 is 5.09 Å². The van der Waals surface area contributed by atoms with Gasteiger partial charge >= 0.3 is 5.97 Å². The minimum absolute atomic E-state index is 0.0927. The van der Waals surface area contributed by atoms with Crippen LogP contribution in [0.1, 0.15) is 31.2 Å². The summed E-state index contributed by atoms with van der Waals surface area (Å²) in [5.41, 5.74) is 1.19. The molecule has 1 aliphatic rings. The molecule has 2 rings (SSSR count). The quantitative estimate of drug-likeness (QED) is 0.454. The van der Waals surface area contributed by atoms with Crippen molar-refractivity contribution in [1.29, 1.82) is 0 Å². The Balaban J connectivity index is 1.70. The number of aryl methyl sites for hydroxylation is 1. The monoisotopic (exact) mass is 368 g/mol. The van der Waals surface area contributed by atoms with Gasteiger partial charge in [-0.2, -0.15) is 0 Å². The summed E-state index contributed by atoms with van der Waals surface area (Å²) in [6.07, 6.45) is 3.36. The van der Waals surface area contributed by atoms with Gasteiger partial charge in [-0.25, -0.2) is 9.88 Å². The van der Waals surface area contributed by atoms with Gasteiger partial charge in [-0.15, -0.1) is 0 Å². The Morgan fingerprint density at radius 3 is 2.64 bits per heavy atom. The third-order valence-corrected chi connectivity index (χ3v) is 5.93. The average Bonchev–Trinajstić information content (AvgIpc) is 3.08. The minimum atomic E-state index is -3.60. The maximum atomic E-state index is 12.1. The number of carboxylic acids is 1. The second-order valence-electron chi connectivity index (χ2n) is 6.29. The summed E-state index contributed by atoms with van der Waals surface area (Å²) in [7, 11) is -3.60. The van der Waals surface area contributed by atoms with Gasteiger partial charge in [0, 0.05) is 12.7 Å². The zero-order valence-electron chi connectivity index (χ0n) is 14.1. The molecule has 0 spiro atoms. The molecule has 0 bridgehead atoms. The highest BCUT2D eigenvalue weighted by Crippen LogP contribution is 2.36. The number of amides is 1. The van der Waals surface area contributed by atoms with Crippen LogP contribution in [0.2, 0.25) is 0 Å². The summed E-state index contributed by atoms with van der Waals surface area (Å²) in [6, 6.07) is 9.08. The Morgan fingerprint density at radius 1 is 1.24 bits per heavy atom. The second-order valence-corrected chi connectivity index (χ2v) is 8.45. The summed E-state index contributed by atoms with van der Waals surface area (Å²) in [5.74, 6) is -1.47. The number of nitrogens with zero attached hydrogens (tertiary/aromatic N) is 1. The fourth-order valence-corrected chi connectivity index (χ4v) is 4.19. The third-order valence-electron chi connectivity index (χ3n) is 4.36. The first-order valence-electron chi connectivity index (χ1n) is 8.52. The lowest BCUT2D eigenvalue weighted by molar-refractivity contribution is -0.147. The number of carbonyl (C=O) groups excluding carboxylic acids is 1. The molecule has 3 N–H and O–H groups in total. The van der Waals surface area contributed by atoms with E-state index in [9.17, 15) is 19.0 Å². The zero-order valence-corrected chi connectivity index (χ0v) is 15.0. The van der Waals surface area contributed by atoms with Crippen LogP contribution in [0, 0.1) is 0 Å². The fraction of sp³-hybridized carbons (Fsp3) is 0.529. The van der Waals surface area contributed by atoms with Crippen molar-refractivity contribution in [3.05, 3.63) is 35.9 Å². The van der Waals surface area contributed by atoms with Crippen molar-refractivity contribution in [3.63, 3.8) is 0 Å². The number of carboxylic acid groups (broad SMARTS) is 1. The molecule has 0 radical (unpaired) electrons. The lowest BCUT2D eigenvalue weighted by atomic mass is 10.1. The molecule has 0 aromatic heterocycles. The largest absolute Gasteiger partial charge is 0.480 e. The smallest absolute Gasteiger partial charge is 0.326 e. The van der Waals surface area contributed by atoms with Crippen LogP contribution in [-0.4, -0.2) is 52.1 Å². The van der Waals surface area contributed by atoms with Gasteiger partial charge in [0.15, 0.2) is 0 Å². The number of unbranched alkanes of at least 4 members (excludes halogenated alkanes) is 1. The van der Waals surface area contributed by atoms with E-state index in [4.69, 9.17) is 5.11 Å². The van der Waals surface area contributed by atoms with Crippen molar-refractivity contribution in [2.45, 2.75) is 38.1 Å². The summed E-state index contributed by atoms with van der Waals surface area (Å²) in [6.45, 7) is 0.0700. The first-order chi connectivity index (χ1) is 11.9. The van der Waals surface area contributed by atoms with E-state index in [2.05, 4.69) is 5.09 Å². The number of carbonyl (C=O) groups is 2. The van der Waals surface area contributed by atoms with Gasteiger partial charge in [0.2, 0.25) is 5.91 Å². The molecule has 1 heterocycles. The van der Waals surface area contributed by atoms with Crippen LogP contribution in [0.5, 0.6) is 0 Å². The lowest BCUT2D eigenvalue weighted by Gasteiger charge is -2.22. The van der Waals surface area contributed by atoms with Crippen LogP contribution in [0.4, 0.5) is 0 Å². The highest BCUT2D eigenvalue weighted by atomic mass is 31.2. The molecular formula is C17H25N2O5P. The number of rotatable bonds is 9. The standard InChI is InChI=1S/C17H25N2O5P/c20-16(19-11-6-10-15(19)17(21)22)13-18-25(23,24)12-5-4-9-14-7-2-1-3-8-14/h1-3,7-8,15H,4-6,9-13H2,(H,21,22)(H2,18,23,24)/t15-/m0/s1. The van der Waals surface area contributed by atoms with Gasteiger partial charge in [0.1, 0.15) is 6.04 Å². The molecule has 1 unspecified atom stereocenters. The Labute approximate surface area is 147 Å². The highest BCUT2D eigenvalue weighted by molar-refractivity contribution is 7.55. The molecule has 25 heavy (non-hydrogen) atoms. The molecule has 138 valence electrons. The maximum Gasteiger partial charge on any atom is 0.326 e. The van der Waals surface area contributed by atoms with E-state index in [0.717, 1.165) is 12.8 Å². The molecule has 1 saturated heterocycles. The molecule has 1 fully saturated rings. The van der Waals surface area contributed by atoms with E-state index in [1.54, 1.807) is 0 Å². The van der Waals surface area contributed by atoms with Crippen molar-refractivity contribution in [2.75, 3.05) is 19.3 Å².